The predicted molar refractivity (Wildman–Crippen MR) is 61.0 cm³/mol. The number of para-hydroxylation sites is 1. The van der Waals surface area contributed by atoms with E-state index in [4.69, 9.17) is 9.84 Å². The number of hydrogen-bond donors (Lipinski definition) is 2. The molecule has 0 saturated heterocycles. The molecule has 0 spiro atoms. The van der Waals surface area contributed by atoms with Crippen molar-refractivity contribution >= 4 is 0 Å². The normalized spacial score (nSPS) is 12.5. The van der Waals surface area contributed by atoms with Gasteiger partial charge in [-0.05, 0) is 13.1 Å². The molecule has 0 aliphatic rings. The highest BCUT2D eigenvalue weighted by Gasteiger charge is 2.04. The van der Waals surface area contributed by atoms with Gasteiger partial charge in [-0.1, -0.05) is 25.1 Å². The molecule has 0 radical (unpaired) electrons. The van der Waals surface area contributed by atoms with Crippen LogP contribution in [0.4, 0.5) is 0 Å². The second-order valence-corrected chi connectivity index (χ2v) is 3.74. The van der Waals surface area contributed by atoms with Crippen LogP contribution in [0.2, 0.25) is 0 Å². The molecule has 0 fully saturated rings. The van der Waals surface area contributed by atoms with Crippen LogP contribution in [0.15, 0.2) is 24.3 Å². The van der Waals surface area contributed by atoms with Crippen molar-refractivity contribution in [2.24, 2.45) is 5.92 Å². The highest BCUT2D eigenvalue weighted by Crippen LogP contribution is 2.18. The van der Waals surface area contributed by atoms with E-state index in [-0.39, 0.29) is 12.5 Å². The lowest BCUT2D eigenvalue weighted by molar-refractivity contribution is 0.173. The van der Waals surface area contributed by atoms with Crippen molar-refractivity contribution in [2.75, 3.05) is 20.3 Å². The third kappa shape index (κ3) is 3.90. The van der Waals surface area contributed by atoms with Gasteiger partial charge in [-0.2, -0.15) is 0 Å². The van der Waals surface area contributed by atoms with Gasteiger partial charge < -0.3 is 15.2 Å². The fourth-order valence-corrected chi connectivity index (χ4v) is 1.27. The zero-order valence-corrected chi connectivity index (χ0v) is 9.36. The Hall–Kier alpha value is -1.06. The van der Waals surface area contributed by atoms with Gasteiger partial charge in [-0.3, -0.25) is 0 Å². The molecule has 84 valence electrons. The Morgan fingerprint density at radius 3 is 2.80 bits per heavy atom. The maximum atomic E-state index is 8.89. The van der Waals surface area contributed by atoms with Gasteiger partial charge in [0.15, 0.2) is 0 Å². The molecule has 1 aromatic carbocycles. The van der Waals surface area contributed by atoms with Crippen LogP contribution in [0, 0.1) is 5.92 Å². The number of aliphatic hydroxyl groups excluding tert-OH is 1. The van der Waals surface area contributed by atoms with E-state index in [1.165, 1.54) is 0 Å². The van der Waals surface area contributed by atoms with Gasteiger partial charge >= 0.3 is 0 Å². The third-order valence-corrected chi connectivity index (χ3v) is 2.17. The van der Waals surface area contributed by atoms with Crippen LogP contribution < -0.4 is 10.1 Å². The van der Waals surface area contributed by atoms with Gasteiger partial charge in [-0.25, -0.2) is 0 Å². The maximum absolute atomic E-state index is 8.89. The van der Waals surface area contributed by atoms with Gasteiger partial charge in [0.05, 0.1) is 6.61 Å². The third-order valence-electron chi connectivity index (χ3n) is 2.17. The SMILES string of the molecule is CNCc1ccccc1OCC(C)CO. The van der Waals surface area contributed by atoms with Crippen LogP contribution in [0.1, 0.15) is 12.5 Å². The van der Waals surface area contributed by atoms with Crippen LogP contribution in [0.3, 0.4) is 0 Å². The van der Waals surface area contributed by atoms with Crippen LogP contribution in [0.5, 0.6) is 5.75 Å². The molecule has 15 heavy (non-hydrogen) atoms. The Balaban J connectivity index is 2.58. The van der Waals surface area contributed by atoms with E-state index in [0.717, 1.165) is 17.9 Å². The summed E-state index contributed by atoms with van der Waals surface area (Å²) in [5, 5.41) is 12.0. The highest BCUT2D eigenvalue weighted by atomic mass is 16.5. The first-order chi connectivity index (χ1) is 7.27. The van der Waals surface area contributed by atoms with E-state index in [1.54, 1.807) is 0 Å². The second kappa shape index (κ2) is 6.43. The van der Waals surface area contributed by atoms with Gasteiger partial charge in [-0.15, -0.1) is 0 Å². The minimum atomic E-state index is 0.161. The van der Waals surface area contributed by atoms with Crippen LogP contribution >= 0.6 is 0 Å². The summed E-state index contributed by atoms with van der Waals surface area (Å²) >= 11 is 0. The number of hydrogen-bond acceptors (Lipinski definition) is 3. The van der Waals surface area contributed by atoms with Crippen molar-refractivity contribution in [1.82, 2.24) is 5.32 Å². The molecule has 0 heterocycles. The van der Waals surface area contributed by atoms with Crippen molar-refractivity contribution in [3.05, 3.63) is 29.8 Å². The zero-order valence-electron chi connectivity index (χ0n) is 9.36. The van der Waals surface area contributed by atoms with Crippen molar-refractivity contribution in [3.8, 4) is 5.75 Å². The van der Waals surface area contributed by atoms with Crippen LogP contribution in [-0.4, -0.2) is 25.4 Å². The smallest absolute Gasteiger partial charge is 0.123 e. The number of aliphatic hydroxyl groups is 1. The lowest BCUT2D eigenvalue weighted by Gasteiger charge is -2.13. The maximum Gasteiger partial charge on any atom is 0.123 e. The molecule has 0 aromatic heterocycles. The number of nitrogens with one attached hydrogen (secondary N) is 1. The Bertz CT molecular complexity index is 289. The van der Waals surface area contributed by atoms with Crippen LogP contribution in [0.25, 0.3) is 0 Å². The molecule has 1 rings (SSSR count). The quantitative estimate of drug-likeness (QED) is 0.744. The molecular formula is C12H19NO2. The molecule has 0 aliphatic heterocycles. The fraction of sp³-hybridized carbons (Fsp3) is 0.500. The van der Waals surface area contributed by atoms with Crippen molar-refractivity contribution < 1.29 is 9.84 Å². The Morgan fingerprint density at radius 1 is 1.40 bits per heavy atom. The fourth-order valence-electron chi connectivity index (χ4n) is 1.27. The first-order valence-corrected chi connectivity index (χ1v) is 5.24. The molecule has 1 unspecified atom stereocenters. The average molecular weight is 209 g/mol. The van der Waals surface area contributed by atoms with Gasteiger partial charge in [0, 0.05) is 24.6 Å². The Morgan fingerprint density at radius 2 is 2.13 bits per heavy atom. The van der Waals surface area contributed by atoms with Gasteiger partial charge in [0.25, 0.3) is 0 Å². The summed E-state index contributed by atoms with van der Waals surface area (Å²) < 4.78 is 5.64. The highest BCUT2D eigenvalue weighted by molar-refractivity contribution is 5.33. The van der Waals surface area contributed by atoms with E-state index in [9.17, 15) is 0 Å². The number of benzene rings is 1. The van der Waals surface area contributed by atoms with Gasteiger partial charge in [0.2, 0.25) is 0 Å². The van der Waals surface area contributed by atoms with E-state index < -0.39 is 0 Å². The number of rotatable bonds is 6. The van der Waals surface area contributed by atoms with Crippen LogP contribution in [-0.2, 0) is 6.54 Å². The van der Waals surface area contributed by atoms with Crippen molar-refractivity contribution in [3.63, 3.8) is 0 Å². The molecular weight excluding hydrogens is 190 g/mol. The second-order valence-electron chi connectivity index (χ2n) is 3.74. The zero-order chi connectivity index (χ0) is 11.1. The summed E-state index contributed by atoms with van der Waals surface area (Å²) in [5.41, 5.74) is 1.14. The summed E-state index contributed by atoms with van der Waals surface area (Å²) in [5.74, 6) is 1.07. The van der Waals surface area contributed by atoms with E-state index in [1.807, 2.05) is 38.2 Å². The standard InChI is InChI=1S/C12H19NO2/c1-10(8-14)9-15-12-6-4-3-5-11(12)7-13-2/h3-6,10,13-14H,7-9H2,1-2H3. The first-order valence-electron chi connectivity index (χ1n) is 5.24. The van der Waals surface area contributed by atoms with E-state index in [0.29, 0.717) is 6.61 Å². The lowest BCUT2D eigenvalue weighted by atomic mass is 10.2. The minimum Gasteiger partial charge on any atom is -0.493 e. The molecule has 3 heteroatoms. The topological polar surface area (TPSA) is 41.5 Å². The lowest BCUT2D eigenvalue weighted by Crippen LogP contribution is -2.14. The van der Waals surface area contributed by atoms with Crippen molar-refractivity contribution in [1.29, 1.82) is 0 Å². The summed E-state index contributed by atoms with van der Waals surface area (Å²) in [6, 6.07) is 7.94. The summed E-state index contributed by atoms with van der Waals surface area (Å²) in [7, 11) is 1.91. The molecule has 3 nitrogen and oxygen atoms in total. The molecule has 1 atom stereocenters. The summed E-state index contributed by atoms with van der Waals surface area (Å²) in [6.45, 7) is 3.47. The number of ether oxygens (including phenoxy) is 1. The Kier molecular flexibility index (Phi) is 5.15. The summed E-state index contributed by atoms with van der Waals surface area (Å²) in [6.07, 6.45) is 0. The predicted octanol–water partition coefficient (Wildman–Crippen LogP) is 1.41. The van der Waals surface area contributed by atoms with Gasteiger partial charge in [0.1, 0.15) is 5.75 Å². The monoisotopic (exact) mass is 209 g/mol. The molecule has 0 amide bonds. The van der Waals surface area contributed by atoms with E-state index >= 15 is 0 Å². The molecule has 1 aromatic rings. The van der Waals surface area contributed by atoms with Crippen molar-refractivity contribution in [2.45, 2.75) is 13.5 Å². The molecule has 0 aliphatic carbocycles. The summed E-state index contributed by atoms with van der Waals surface area (Å²) in [4.78, 5) is 0. The average Bonchev–Trinajstić information content (AvgIpc) is 2.28. The first kappa shape index (κ1) is 12.0. The largest absolute Gasteiger partial charge is 0.493 e. The molecule has 0 bridgehead atoms. The van der Waals surface area contributed by atoms with E-state index in [2.05, 4.69) is 5.32 Å². The minimum absolute atomic E-state index is 0.161. The molecule has 0 saturated carbocycles. The Labute approximate surface area is 91.1 Å². The molecule has 2 N–H and O–H groups in total.